The van der Waals surface area contributed by atoms with Crippen LogP contribution in [0.3, 0.4) is 0 Å². The number of piperidine rings is 1. The van der Waals surface area contributed by atoms with Crippen molar-refractivity contribution in [1.29, 1.82) is 0 Å². The third kappa shape index (κ3) is 6.78. The molecule has 0 saturated carbocycles. The van der Waals surface area contributed by atoms with E-state index >= 15 is 0 Å². The highest BCUT2D eigenvalue weighted by Gasteiger charge is 2.25. The van der Waals surface area contributed by atoms with Crippen LogP contribution in [-0.2, 0) is 16.1 Å². The Labute approximate surface area is 154 Å². The first-order chi connectivity index (χ1) is 12.6. The van der Waals surface area contributed by atoms with Crippen LogP contribution in [0.2, 0.25) is 0 Å². The predicted molar refractivity (Wildman–Crippen MR) is 98.6 cm³/mol. The summed E-state index contributed by atoms with van der Waals surface area (Å²) in [6.45, 7) is 3.64. The molecule has 0 spiro atoms. The summed E-state index contributed by atoms with van der Waals surface area (Å²) < 4.78 is 23.9. The van der Waals surface area contributed by atoms with Crippen molar-refractivity contribution in [2.45, 2.75) is 32.8 Å². The lowest BCUT2D eigenvalue weighted by Gasteiger charge is -2.31. The van der Waals surface area contributed by atoms with E-state index in [1.165, 1.54) is 12.2 Å². The van der Waals surface area contributed by atoms with Gasteiger partial charge in [0.15, 0.2) is 5.88 Å². The molecule has 1 atom stereocenters. The zero-order valence-electron chi connectivity index (χ0n) is 15.2. The zero-order valence-corrected chi connectivity index (χ0v) is 15.2. The highest BCUT2D eigenvalue weighted by molar-refractivity contribution is 5.67. The molecule has 5 nitrogen and oxygen atoms in total. The minimum absolute atomic E-state index is 0.178. The Hall–Kier alpha value is -2.50. The molecule has 0 aliphatic carbocycles. The van der Waals surface area contributed by atoms with Crippen LogP contribution in [0.1, 0.15) is 31.7 Å². The number of ether oxygens (including phenoxy) is 2. The molecule has 142 valence electrons. The lowest BCUT2D eigenvalue weighted by atomic mass is 9.99. The number of amides is 1. The third-order valence-electron chi connectivity index (χ3n) is 4.23. The number of likely N-dealkylation sites (tertiary alicyclic amines) is 1. The molecule has 0 radical (unpaired) electrons. The maximum Gasteiger partial charge on any atom is 0.410 e. The number of nitrogens with zero attached hydrogens (tertiary/aromatic N) is 1. The van der Waals surface area contributed by atoms with Crippen molar-refractivity contribution in [1.82, 2.24) is 4.90 Å². The van der Waals surface area contributed by atoms with Crippen LogP contribution in [0, 0.1) is 5.92 Å². The van der Waals surface area contributed by atoms with E-state index in [-0.39, 0.29) is 30.3 Å². The number of rotatable bonds is 7. The summed E-state index contributed by atoms with van der Waals surface area (Å²) in [6, 6.07) is 9.59. The van der Waals surface area contributed by atoms with Crippen molar-refractivity contribution in [2.24, 2.45) is 11.7 Å². The lowest BCUT2D eigenvalue weighted by molar-refractivity contribution is 0.0621. The molecule has 1 saturated heterocycles. The van der Waals surface area contributed by atoms with E-state index in [4.69, 9.17) is 15.2 Å². The molecule has 1 aliphatic rings. The Morgan fingerprint density at radius 3 is 2.81 bits per heavy atom. The van der Waals surface area contributed by atoms with Gasteiger partial charge in [-0.15, -0.1) is 0 Å². The molecule has 1 heterocycles. The second kappa shape index (κ2) is 10.5. The van der Waals surface area contributed by atoms with Crippen LogP contribution in [0.4, 0.5) is 9.18 Å². The summed E-state index contributed by atoms with van der Waals surface area (Å²) in [4.78, 5) is 13.9. The molecular weight excluding hydrogens is 335 g/mol. The molecule has 1 fully saturated rings. The number of carbonyl (C=O) groups excluding carboxylic acids is 1. The fraction of sp³-hybridized carbons (Fsp3) is 0.450. The average molecular weight is 362 g/mol. The fourth-order valence-corrected chi connectivity index (χ4v) is 2.73. The summed E-state index contributed by atoms with van der Waals surface area (Å²) in [5, 5.41) is 0. The van der Waals surface area contributed by atoms with Gasteiger partial charge in [0.25, 0.3) is 0 Å². The van der Waals surface area contributed by atoms with Gasteiger partial charge in [-0.2, -0.15) is 0 Å². The van der Waals surface area contributed by atoms with Gasteiger partial charge in [-0.3, -0.25) is 0 Å². The van der Waals surface area contributed by atoms with Gasteiger partial charge in [-0.1, -0.05) is 37.3 Å². The number of hydrogen-bond acceptors (Lipinski definition) is 4. The molecule has 2 rings (SSSR count). The Bertz CT molecular complexity index is 631. The van der Waals surface area contributed by atoms with Gasteiger partial charge >= 0.3 is 6.09 Å². The predicted octanol–water partition coefficient (Wildman–Crippen LogP) is 4.12. The van der Waals surface area contributed by atoms with Crippen LogP contribution in [0.15, 0.2) is 54.2 Å². The quantitative estimate of drug-likeness (QED) is 0.585. The first-order valence-corrected chi connectivity index (χ1v) is 8.98. The monoisotopic (exact) mass is 362 g/mol. The number of hydrogen-bond donors (Lipinski definition) is 1. The molecule has 0 bridgehead atoms. The maximum atomic E-state index is 13.1. The highest BCUT2D eigenvalue weighted by atomic mass is 19.1. The summed E-state index contributed by atoms with van der Waals surface area (Å²) in [6.07, 6.45) is 4.59. The van der Waals surface area contributed by atoms with Crippen molar-refractivity contribution in [2.75, 3.05) is 19.7 Å². The van der Waals surface area contributed by atoms with Gasteiger partial charge in [0.05, 0.1) is 12.4 Å². The molecule has 6 heteroatoms. The lowest BCUT2D eigenvalue weighted by Crippen LogP contribution is -2.41. The first-order valence-electron chi connectivity index (χ1n) is 8.98. The number of benzene rings is 1. The van der Waals surface area contributed by atoms with Crippen molar-refractivity contribution in [3.8, 4) is 0 Å². The van der Waals surface area contributed by atoms with Gasteiger partial charge in [0.2, 0.25) is 0 Å². The minimum atomic E-state index is -0.310. The van der Waals surface area contributed by atoms with Crippen LogP contribution < -0.4 is 5.73 Å². The fourth-order valence-electron chi connectivity index (χ4n) is 2.73. The van der Waals surface area contributed by atoms with Crippen molar-refractivity contribution >= 4 is 6.09 Å². The Balaban J connectivity index is 1.76. The number of nitrogens with two attached hydrogens (primary N) is 1. The Morgan fingerprint density at radius 1 is 1.31 bits per heavy atom. The smallest absolute Gasteiger partial charge is 0.410 e. The maximum absolute atomic E-state index is 13.1. The Morgan fingerprint density at radius 2 is 2.08 bits per heavy atom. The number of halogens is 1. The molecular formula is C20H27FN2O3. The summed E-state index contributed by atoms with van der Waals surface area (Å²) >= 11 is 0. The molecule has 26 heavy (non-hydrogen) atoms. The van der Waals surface area contributed by atoms with Crippen LogP contribution in [0.5, 0.6) is 0 Å². The normalized spacial score (nSPS) is 18.5. The van der Waals surface area contributed by atoms with E-state index in [9.17, 15) is 9.18 Å². The second-order valence-corrected chi connectivity index (χ2v) is 6.34. The van der Waals surface area contributed by atoms with Crippen LogP contribution in [-0.4, -0.2) is 30.7 Å². The average Bonchev–Trinajstić information content (AvgIpc) is 2.69. The van der Waals surface area contributed by atoms with E-state index in [1.54, 1.807) is 11.8 Å². The van der Waals surface area contributed by atoms with Crippen LogP contribution >= 0.6 is 0 Å². The zero-order chi connectivity index (χ0) is 18.8. The van der Waals surface area contributed by atoms with Gasteiger partial charge in [-0.25, -0.2) is 9.18 Å². The van der Waals surface area contributed by atoms with Crippen molar-refractivity contribution in [3.63, 3.8) is 0 Å². The van der Waals surface area contributed by atoms with Crippen molar-refractivity contribution in [3.05, 3.63) is 59.8 Å². The summed E-state index contributed by atoms with van der Waals surface area (Å²) in [5.74, 6) is 0.110. The molecule has 1 amide bonds. The number of carbonyl (C=O) groups is 1. The standard InChI is InChI=1S/C20H27FN2O3/c1-2-18(21)10-11-19(22)25-15-17-9-6-12-23(13-17)20(24)26-14-16-7-4-3-5-8-16/h3-5,7-8,10-11,17H,2,6,9,12-15,22H2,1H3/b18-10+,19-11+. The molecule has 1 unspecified atom stereocenters. The topological polar surface area (TPSA) is 64.8 Å². The van der Waals surface area contributed by atoms with E-state index in [1.807, 2.05) is 30.3 Å². The first kappa shape index (κ1) is 19.8. The van der Waals surface area contributed by atoms with E-state index in [0.29, 0.717) is 26.1 Å². The van der Waals surface area contributed by atoms with Crippen LogP contribution in [0.25, 0.3) is 0 Å². The van der Waals surface area contributed by atoms with Gasteiger partial charge < -0.3 is 20.1 Å². The third-order valence-corrected chi connectivity index (χ3v) is 4.23. The second-order valence-electron chi connectivity index (χ2n) is 6.34. The van der Waals surface area contributed by atoms with E-state index < -0.39 is 0 Å². The Kier molecular flexibility index (Phi) is 7.99. The van der Waals surface area contributed by atoms with E-state index in [2.05, 4.69) is 0 Å². The molecule has 1 aromatic rings. The SMILES string of the molecule is CC/C(F)=C\C=C(/N)OCC1CCCN(C(=O)OCc2ccccc2)C1. The summed E-state index contributed by atoms with van der Waals surface area (Å²) in [5.41, 5.74) is 6.68. The highest BCUT2D eigenvalue weighted by Crippen LogP contribution is 2.18. The van der Waals surface area contributed by atoms with Gasteiger partial charge in [0.1, 0.15) is 6.61 Å². The molecule has 1 aliphatic heterocycles. The molecule has 2 N–H and O–H groups in total. The summed E-state index contributed by atoms with van der Waals surface area (Å²) in [7, 11) is 0. The van der Waals surface area contributed by atoms with Crippen molar-refractivity contribution < 1.29 is 18.7 Å². The van der Waals surface area contributed by atoms with Gasteiger partial charge in [0, 0.05) is 25.1 Å². The largest absolute Gasteiger partial charge is 0.479 e. The minimum Gasteiger partial charge on any atom is -0.479 e. The molecule has 0 aromatic heterocycles. The van der Waals surface area contributed by atoms with Gasteiger partial charge in [-0.05, 0) is 30.9 Å². The molecule has 1 aromatic carbocycles. The number of allylic oxidation sites excluding steroid dienone is 3. The van der Waals surface area contributed by atoms with E-state index in [0.717, 1.165) is 18.4 Å².